The molecular formula is C33H56O16. The monoisotopic (exact) mass is 708 g/mol. The number of rotatable bonds is 32. The van der Waals surface area contributed by atoms with Gasteiger partial charge in [0.25, 0.3) is 0 Å². The molecule has 0 saturated heterocycles. The molecule has 0 heterocycles. The summed E-state index contributed by atoms with van der Waals surface area (Å²) in [6.45, 7) is 11.5. The van der Waals surface area contributed by atoms with E-state index in [1.807, 2.05) is 0 Å². The lowest BCUT2D eigenvalue weighted by molar-refractivity contribution is -0.193. The van der Waals surface area contributed by atoms with Crippen LogP contribution in [0.3, 0.4) is 0 Å². The molecule has 0 saturated carbocycles. The van der Waals surface area contributed by atoms with Gasteiger partial charge in [-0.3, -0.25) is 24.0 Å². The molecule has 0 aliphatic heterocycles. The summed E-state index contributed by atoms with van der Waals surface area (Å²) in [4.78, 5) is 58.3. The van der Waals surface area contributed by atoms with Crippen LogP contribution < -0.4 is 0 Å². The zero-order valence-electron chi connectivity index (χ0n) is 29.6. The van der Waals surface area contributed by atoms with E-state index in [0.717, 1.165) is 0 Å². The van der Waals surface area contributed by atoms with E-state index in [4.69, 9.17) is 52.1 Å². The predicted octanol–water partition coefficient (Wildman–Crippen LogP) is 2.47. The minimum absolute atomic E-state index is 0.00186. The lowest BCUT2D eigenvalue weighted by Crippen LogP contribution is -2.52. The molecule has 0 aliphatic rings. The second kappa shape index (κ2) is 30.7. The fraction of sp³-hybridized carbons (Fsp3) is 0.788. The third-order valence-corrected chi connectivity index (χ3v) is 6.31. The van der Waals surface area contributed by atoms with Crippen LogP contribution in [0.2, 0.25) is 0 Å². The van der Waals surface area contributed by atoms with Gasteiger partial charge in [0, 0.05) is 32.1 Å². The Kier molecular flexibility index (Phi) is 28.7. The van der Waals surface area contributed by atoms with Crippen molar-refractivity contribution in [2.24, 2.45) is 0 Å². The first kappa shape index (κ1) is 45.7. The van der Waals surface area contributed by atoms with Gasteiger partial charge in [-0.25, -0.2) is 0 Å². The average molecular weight is 709 g/mol. The summed E-state index contributed by atoms with van der Waals surface area (Å²) >= 11 is 0. The smallest absolute Gasteiger partial charge is 0.305 e. The van der Waals surface area contributed by atoms with E-state index in [1.54, 1.807) is 34.6 Å². The normalized spacial score (nSPS) is 13.3. The first-order chi connectivity index (χ1) is 23.7. The quantitative estimate of drug-likeness (QED) is 0.0429. The van der Waals surface area contributed by atoms with Gasteiger partial charge in [0.15, 0.2) is 6.10 Å². The molecule has 0 N–H and O–H groups in total. The molecule has 0 amide bonds. The molecule has 0 aromatic carbocycles. The van der Waals surface area contributed by atoms with Gasteiger partial charge in [0.05, 0.1) is 52.5 Å². The number of carbonyl (C=O) groups is 5. The van der Waals surface area contributed by atoms with Crippen molar-refractivity contribution >= 4 is 29.8 Å². The highest BCUT2D eigenvalue weighted by Gasteiger charge is 2.39. The molecule has 0 bridgehead atoms. The van der Waals surface area contributed by atoms with Crippen molar-refractivity contribution in [3.05, 3.63) is 12.8 Å². The van der Waals surface area contributed by atoms with Crippen molar-refractivity contribution in [2.75, 3.05) is 79.3 Å². The van der Waals surface area contributed by atoms with Crippen molar-refractivity contribution < 1.29 is 76.1 Å². The van der Waals surface area contributed by atoms with Gasteiger partial charge in [-0.15, -0.1) is 0 Å². The maximum Gasteiger partial charge on any atom is 0.305 e. The first-order valence-corrected chi connectivity index (χ1v) is 16.7. The maximum atomic E-state index is 11.8. The maximum absolute atomic E-state index is 11.8. The molecule has 4 atom stereocenters. The topological polar surface area (TPSA) is 187 Å². The summed E-state index contributed by atoms with van der Waals surface area (Å²) in [5.41, 5.74) is 0. The van der Waals surface area contributed by atoms with E-state index >= 15 is 0 Å². The fourth-order valence-corrected chi connectivity index (χ4v) is 3.76. The summed E-state index contributed by atoms with van der Waals surface area (Å²) in [6.07, 6.45) is -1.68. The van der Waals surface area contributed by atoms with Crippen LogP contribution in [-0.2, 0) is 76.1 Å². The van der Waals surface area contributed by atoms with Crippen LogP contribution in [0.15, 0.2) is 12.8 Å². The van der Waals surface area contributed by atoms with Crippen molar-refractivity contribution in [1.29, 1.82) is 0 Å². The molecule has 284 valence electrons. The lowest BCUT2D eigenvalue weighted by Gasteiger charge is -2.36. The molecule has 49 heavy (non-hydrogen) atoms. The summed E-state index contributed by atoms with van der Waals surface area (Å²) in [5, 5.41) is 0. The van der Waals surface area contributed by atoms with Crippen molar-refractivity contribution in [3.8, 4) is 0 Å². The summed E-state index contributed by atoms with van der Waals surface area (Å²) in [7, 11) is 0. The Hall–Kier alpha value is -3.31. The SMILES string of the molecule is C=COC(C(COCCOC(=O)CC)OCCOC(=O)CC)C(OCCOC(=O)CC)C(COCCOC(=O)CC)OCCOC(=O)CC. The van der Waals surface area contributed by atoms with E-state index in [0.29, 0.717) is 0 Å². The summed E-state index contributed by atoms with van der Waals surface area (Å²) < 4.78 is 61.6. The van der Waals surface area contributed by atoms with Gasteiger partial charge in [-0.1, -0.05) is 41.2 Å². The molecule has 0 aliphatic carbocycles. The van der Waals surface area contributed by atoms with Crippen molar-refractivity contribution in [1.82, 2.24) is 0 Å². The van der Waals surface area contributed by atoms with Gasteiger partial charge >= 0.3 is 29.8 Å². The fourth-order valence-electron chi connectivity index (χ4n) is 3.76. The van der Waals surface area contributed by atoms with Crippen molar-refractivity contribution in [2.45, 2.75) is 91.1 Å². The molecule has 4 unspecified atom stereocenters. The van der Waals surface area contributed by atoms with Crippen LogP contribution in [0.4, 0.5) is 0 Å². The number of hydrogen-bond donors (Lipinski definition) is 0. The van der Waals surface area contributed by atoms with E-state index in [2.05, 4.69) is 6.58 Å². The number of carbonyl (C=O) groups excluding carboxylic acids is 5. The largest absolute Gasteiger partial charge is 0.493 e. The van der Waals surface area contributed by atoms with Gasteiger partial charge in [-0.05, 0) is 0 Å². The van der Waals surface area contributed by atoms with Gasteiger partial charge in [0.1, 0.15) is 51.3 Å². The van der Waals surface area contributed by atoms with Crippen LogP contribution in [-0.4, -0.2) is 134 Å². The highest BCUT2D eigenvalue weighted by Crippen LogP contribution is 2.20. The van der Waals surface area contributed by atoms with E-state index in [1.165, 1.54) is 6.26 Å². The van der Waals surface area contributed by atoms with Crippen LogP contribution >= 0.6 is 0 Å². The average Bonchev–Trinajstić information content (AvgIpc) is 3.11. The number of ether oxygens (including phenoxy) is 11. The van der Waals surface area contributed by atoms with Gasteiger partial charge < -0.3 is 52.1 Å². The predicted molar refractivity (Wildman–Crippen MR) is 172 cm³/mol. The standard InChI is InChI=1S/C33H56O16/c1-7-27(34)44-15-13-39-23-25(42-17-19-46-29(36)9-3)32(41-12-6)33(49-22-21-48-31(38)11-5)26(43-18-20-47-30(37)10-4)24-40-14-16-45-28(35)8-2/h12,25-26,32-33H,6-11,13-24H2,1-5H3. The van der Waals surface area contributed by atoms with Gasteiger partial charge in [-0.2, -0.15) is 0 Å². The minimum atomic E-state index is -1.01. The Morgan fingerprint density at radius 1 is 0.449 bits per heavy atom. The Bertz CT molecular complexity index is 926. The second-order valence-electron chi connectivity index (χ2n) is 9.94. The molecule has 0 fully saturated rings. The third kappa shape index (κ3) is 23.6. The first-order valence-electron chi connectivity index (χ1n) is 16.7. The molecule has 0 rings (SSSR count). The zero-order chi connectivity index (χ0) is 36.7. The molecular weight excluding hydrogens is 652 g/mol. The Morgan fingerprint density at radius 3 is 1.08 bits per heavy atom. The Morgan fingerprint density at radius 2 is 0.755 bits per heavy atom. The van der Waals surface area contributed by atoms with Gasteiger partial charge in [0.2, 0.25) is 0 Å². The lowest BCUT2D eigenvalue weighted by atomic mass is 10.0. The van der Waals surface area contributed by atoms with Crippen LogP contribution in [0.1, 0.15) is 66.7 Å². The van der Waals surface area contributed by atoms with E-state index < -0.39 is 42.3 Å². The third-order valence-electron chi connectivity index (χ3n) is 6.31. The summed E-state index contributed by atoms with van der Waals surface area (Å²) in [6, 6.07) is 0. The van der Waals surface area contributed by atoms with Crippen LogP contribution in [0, 0.1) is 0 Å². The minimum Gasteiger partial charge on any atom is -0.493 e. The van der Waals surface area contributed by atoms with E-state index in [9.17, 15) is 24.0 Å². The zero-order valence-corrected chi connectivity index (χ0v) is 29.6. The van der Waals surface area contributed by atoms with E-state index in [-0.39, 0.29) is 123 Å². The molecule has 0 radical (unpaired) electrons. The molecule has 16 nitrogen and oxygen atoms in total. The molecule has 0 aromatic rings. The highest BCUT2D eigenvalue weighted by atomic mass is 16.6. The van der Waals surface area contributed by atoms with Crippen LogP contribution in [0.25, 0.3) is 0 Å². The van der Waals surface area contributed by atoms with Crippen molar-refractivity contribution in [3.63, 3.8) is 0 Å². The second-order valence-corrected chi connectivity index (χ2v) is 9.94. The number of hydrogen-bond acceptors (Lipinski definition) is 16. The molecule has 0 aromatic heterocycles. The Balaban J connectivity index is 6.23. The number of esters is 5. The highest BCUT2D eigenvalue weighted by molar-refractivity contribution is 5.70. The summed E-state index contributed by atoms with van der Waals surface area (Å²) in [5.74, 6) is -2.00. The van der Waals surface area contributed by atoms with Crippen LogP contribution in [0.5, 0.6) is 0 Å². The Labute approximate surface area is 289 Å². The molecule has 16 heteroatoms. The molecule has 0 spiro atoms.